The van der Waals surface area contributed by atoms with E-state index in [0.717, 1.165) is 13.0 Å². The molecule has 5 nitrogen and oxygen atoms in total. The lowest BCUT2D eigenvalue weighted by atomic mass is 9.95. The van der Waals surface area contributed by atoms with Crippen LogP contribution in [0.4, 0.5) is 0 Å². The van der Waals surface area contributed by atoms with Gasteiger partial charge in [-0.05, 0) is 66.2 Å². The van der Waals surface area contributed by atoms with E-state index in [9.17, 15) is 4.79 Å². The Morgan fingerprint density at radius 3 is 2.45 bits per heavy atom. The van der Waals surface area contributed by atoms with E-state index < -0.39 is 5.54 Å². The first-order valence-electron chi connectivity index (χ1n) is 7.87. The lowest BCUT2D eigenvalue weighted by Gasteiger charge is -2.37. The number of primary amides is 1. The average molecular weight is 282 g/mol. The summed E-state index contributed by atoms with van der Waals surface area (Å²) in [5, 5.41) is 3.42. The number of nitrogens with one attached hydrogen (secondary N) is 1. The molecule has 1 unspecified atom stereocenters. The Hall–Kier alpha value is -0.650. The van der Waals surface area contributed by atoms with E-state index >= 15 is 0 Å². The van der Waals surface area contributed by atoms with Gasteiger partial charge in [0.25, 0.3) is 0 Å². The summed E-state index contributed by atoms with van der Waals surface area (Å²) in [6.07, 6.45) is 5.58. The van der Waals surface area contributed by atoms with Gasteiger partial charge in [-0.25, -0.2) is 0 Å². The topological polar surface area (TPSA) is 61.6 Å². The molecule has 3 N–H and O–H groups in total. The van der Waals surface area contributed by atoms with E-state index in [1.54, 1.807) is 0 Å². The zero-order valence-electron chi connectivity index (χ0n) is 13.2. The minimum Gasteiger partial charge on any atom is -0.368 e. The number of hydrogen-bond acceptors (Lipinski definition) is 4. The number of rotatable bonds is 7. The molecule has 0 spiro atoms. The van der Waals surface area contributed by atoms with Gasteiger partial charge in [-0.1, -0.05) is 0 Å². The number of amides is 1. The van der Waals surface area contributed by atoms with E-state index in [-0.39, 0.29) is 5.91 Å². The molecule has 20 heavy (non-hydrogen) atoms. The Morgan fingerprint density at radius 1 is 1.35 bits per heavy atom. The van der Waals surface area contributed by atoms with Crippen LogP contribution in [0, 0.1) is 0 Å². The standard InChI is InChI=1S/C15H30N4O/c1-15(14(16)20,17-12-4-5-12)8-11-19(3)13-6-9-18(2)10-7-13/h12-13,17H,4-11H2,1-3H3,(H2,16,20). The van der Waals surface area contributed by atoms with Crippen molar-refractivity contribution in [1.82, 2.24) is 15.1 Å². The molecule has 1 aliphatic carbocycles. The molecular formula is C15H30N4O. The van der Waals surface area contributed by atoms with Gasteiger partial charge in [0.15, 0.2) is 0 Å². The van der Waals surface area contributed by atoms with Crippen molar-refractivity contribution in [2.45, 2.75) is 56.7 Å². The van der Waals surface area contributed by atoms with Gasteiger partial charge >= 0.3 is 0 Å². The summed E-state index contributed by atoms with van der Waals surface area (Å²) >= 11 is 0. The third-order valence-electron chi connectivity index (χ3n) is 4.92. The molecule has 1 amide bonds. The zero-order valence-corrected chi connectivity index (χ0v) is 13.2. The van der Waals surface area contributed by atoms with Crippen LogP contribution < -0.4 is 11.1 Å². The van der Waals surface area contributed by atoms with Gasteiger partial charge in [-0.15, -0.1) is 0 Å². The second kappa shape index (κ2) is 6.41. The summed E-state index contributed by atoms with van der Waals surface area (Å²) < 4.78 is 0. The maximum absolute atomic E-state index is 11.8. The summed E-state index contributed by atoms with van der Waals surface area (Å²) in [5.74, 6) is -0.221. The number of likely N-dealkylation sites (tertiary alicyclic amines) is 1. The summed E-state index contributed by atoms with van der Waals surface area (Å²) in [6.45, 7) is 5.22. The second-order valence-electron chi connectivity index (χ2n) is 6.88. The van der Waals surface area contributed by atoms with E-state index in [0.29, 0.717) is 12.1 Å². The van der Waals surface area contributed by atoms with Crippen LogP contribution in [0.15, 0.2) is 0 Å². The molecule has 1 saturated carbocycles. The van der Waals surface area contributed by atoms with Gasteiger partial charge in [0, 0.05) is 18.6 Å². The largest absolute Gasteiger partial charge is 0.368 e. The second-order valence-corrected chi connectivity index (χ2v) is 6.88. The molecule has 1 heterocycles. The van der Waals surface area contributed by atoms with Crippen molar-refractivity contribution in [2.75, 3.05) is 33.7 Å². The molecule has 5 heteroatoms. The maximum Gasteiger partial charge on any atom is 0.237 e. The summed E-state index contributed by atoms with van der Waals surface area (Å²) in [4.78, 5) is 16.5. The summed E-state index contributed by atoms with van der Waals surface area (Å²) in [7, 11) is 4.36. The highest BCUT2D eigenvalue weighted by Gasteiger charge is 2.37. The minimum atomic E-state index is -0.555. The van der Waals surface area contributed by atoms with E-state index in [2.05, 4.69) is 29.2 Å². The average Bonchev–Trinajstić information content (AvgIpc) is 3.20. The molecule has 0 aromatic rings. The van der Waals surface area contributed by atoms with Crippen LogP contribution in [0.25, 0.3) is 0 Å². The highest BCUT2D eigenvalue weighted by Crippen LogP contribution is 2.24. The molecule has 2 aliphatic rings. The van der Waals surface area contributed by atoms with Crippen LogP contribution in [0.2, 0.25) is 0 Å². The van der Waals surface area contributed by atoms with Crippen molar-refractivity contribution in [3.8, 4) is 0 Å². The molecule has 1 atom stereocenters. The molecule has 116 valence electrons. The van der Waals surface area contributed by atoms with Gasteiger partial charge in [0.1, 0.15) is 0 Å². The van der Waals surface area contributed by atoms with E-state index in [4.69, 9.17) is 5.73 Å². The number of hydrogen-bond donors (Lipinski definition) is 2. The predicted molar refractivity (Wildman–Crippen MR) is 81.5 cm³/mol. The molecule has 0 aromatic carbocycles. The third-order valence-corrected chi connectivity index (χ3v) is 4.92. The van der Waals surface area contributed by atoms with Crippen molar-refractivity contribution in [3.63, 3.8) is 0 Å². The SMILES string of the molecule is CN1CCC(N(C)CCC(C)(NC2CC2)C(N)=O)CC1. The van der Waals surface area contributed by atoms with Crippen molar-refractivity contribution < 1.29 is 4.79 Å². The fourth-order valence-electron chi connectivity index (χ4n) is 2.96. The van der Waals surface area contributed by atoms with Crippen LogP contribution in [-0.2, 0) is 4.79 Å². The summed E-state index contributed by atoms with van der Waals surface area (Å²) in [5.41, 5.74) is 5.05. The van der Waals surface area contributed by atoms with Gasteiger partial charge in [-0.3, -0.25) is 4.79 Å². The summed E-state index contributed by atoms with van der Waals surface area (Å²) in [6, 6.07) is 1.14. The highest BCUT2D eigenvalue weighted by molar-refractivity contribution is 5.84. The normalized spacial score (nSPS) is 24.8. The number of carbonyl (C=O) groups excluding carboxylic acids is 1. The monoisotopic (exact) mass is 282 g/mol. The molecular weight excluding hydrogens is 252 g/mol. The van der Waals surface area contributed by atoms with Crippen molar-refractivity contribution in [2.24, 2.45) is 5.73 Å². The van der Waals surface area contributed by atoms with Crippen LogP contribution in [-0.4, -0.2) is 67.1 Å². The van der Waals surface area contributed by atoms with Crippen LogP contribution in [0.3, 0.4) is 0 Å². The van der Waals surface area contributed by atoms with E-state index in [1.165, 1.54) is 38.8 Å². The Bertz CT molecular complexity index is 337. The zero-order chi connectivity index (χ0) is 14.8. The number of nitrogens with two attached hydrogens (primary N) is 1. The van der Waals surface area contributed by atoms with Gasteiger partial charge in [-0.2, -0.15) is 0 Å². The fourth-order valence-corrected chi connectivity index (χ4v) is 2.96. The van der Waals surface area contributed by atoms with Crippen molar-refractivity contribution >= 4 is 5.91 Å². The van der Waals surface area contributed by atoms with Crippen LogP contribution >= 0.6 is 0 Å². The molecule has 0 aromatic heterocycles. The van der Waals surface area contributed by atoms with Crippen LogP contribution in [0.5, 0.6) is 0 Å². The van der Waals surface area contributed by atoms with Crippen molar-refractivity contribution in [1.29, 1.82) is 0 Å². The Labute approximate surface area is 122 Å². The first-order chi connectivity index (χ1) is 9.40. The van der Waals surface area contributed by atoms with Crippen LogP contribution in [0.1, 0.15) is 39.0 Å². The lowest BCUT2D eigenvalue weighted by molar-refractivity contribution is -0.124. The molecule has 2 fully saturated rings. The highest BCUT2D eigenvalue weighted by atomic mass is 16.1. The Kier molecular flexibility index (Phi) is 5.04. The Balaban J connectivity index is 1.80. The molecule has 0 radical (unpaired) electrons. The molecule has 1 saturated heterocycles. The predicted octanol–water partition coefficient (Wildman–Crippen LogP) is 0.399. The van der Waals surface area contributed by atoms with Gasteiger partial charge in [0.2, 0.25) is 5.91 Å². The van der Waals surface area contributed by atoms with Crippen molar-refractivity contribution in [3.05, 3.63) is 0 Å². The maximum atomic E-state index is 11.8. The smallest absolute Gasteiger partial charge is 0.237 e. The molecule has 1 aliphatic heterocycles. The number of carbonyl (C=O) groups is 1. The molecule has 2 rings (SSSR count). The van der Waals surface area contributed by atoms with Gasteiger partial charge in [0.05, 0.1) is 5.54 Å². The van der Waals surface area contributed by atoms with Gasteiger partial charge < -0.3 is 20.9 Å². The minimum absolute atomic E-state index is 0.221. The third kappa shape index (κ3) is 4.17. The lowest BCUT2D eigenvalue weighted by Crippen LogP contribution is -2.56. The number of piperidine rings is 1. The first kappa shape index (κ1) is 15.7. The quantitative estimate of drug-likeness (QED) is 0.709. The number of nitrogens with zero attached hydrogens (tertiary/aromatic N) is 2. The van der Waals surface area contributed by atoms with E-state index in [1.807, 2.05) is 6.92 Å². The Morgan fingerprint density at radius 2 is 1.95 bits per heavy atom. The molecule has 0 bridgehead atoms. The fraction of sp³-hybridized carbons (Fsp3) is 0.933. The first-order valence-corrected chi connectivity index (χ1v) is 7.87.